The molecule has 1 aliphatic rings. The molecule has 0 saturated heterocycles. The molecule has 2 atom stereocenters. The van der Waals surface area contributed by atoms with E-state index in [0.717, 1.165) is 22.5 Å². The van der Waals surface area contributed by atoms with Gasteiger partial charge < -0.3 is 25.1 Å². The van der Waals surface area contributed by atoms with Gasteiger partial charge in [-0.3, -0.25) is 4.79 Å². The number of rotatable bonds is 5. The van der Waals surface area contributed by atoms with Crippen molar-refractivity contribution in [2.45, 2.75) is 38.9 Å². The number of benzene rings is 1. The van der Waals surface area contributed by atoms with Gasteiger partial charge in [-0.2, -0.15) is 0 Å². The average molecular weight is 412 g/mol. The van der Waals surface area contributed by atoms with Gasteiger partial charge in [0.15, 0.2) is 0 Å². The fourth-order valence-corrected chi connectivity index (χ4v) is 3.42. The van der Waals surface area contributed by atoms with Crippen LogP contribution in [0.1, 0.15) is 30.7 Å². The summed E-state index contributed by atoms with van der Waals surface area (Å²) in [5.41, 5.74) is 9.55. The maximum absolute atomic E-state index is 12.4. The van der Waals surface area contributed by atoms with Crippen LogP contribution in [0.25, 0.3) is 6.08 Å². The number of carbonyl (C=O) groups excluding carboxylic acids is 2. The molecule has 0 radical (unpaired) electrons. The van der Waals surface area contributed by atoms with E-state index in [1.807, 2.05) is 50.9 Å². The van der Waals surface area contributed by atoms with Gasteiger partial charge in [0, 0.05) is 37.0 Å². The van der Waals surface area contributed by atoms with Crippen molar-refractivity contribution in [1.82, 2.24) is 14.9 Å². The molecule has 2 aromatic rings. The summed E-state index contributed by atoms with van der Waals surface area (Å²) in [4.78, 5) is 32.9. The van der Waals surface area contributed by atoms with Gasteiger partial charge in [-0.05, 0) is 38.5 Å². The van der Waals surface area contributed by atoms with Crippen molar-refractivity contribution < 1.29 is 14.3 Å². The minimum atomic E-state index is -0.533. The van der Waals surface area contributed by atoms with Gasteiger partial charge in [-0.25, -0.2) is 9.97 Å². The molecule has 0 aliphatic carbocycles. The molecule has 0 bridgehead atoms. The number of nitrogens with zero attached hydrogens (tertiary/aromatic N) is 4. The zero-order valence-electron chi connectivity index (χ0n) is 18.0. The van der Waals surface area contributed by atoms with Crippen LogP contribution < -0.4 is 15.4 Å². The van der Waals surface area contributed by atoms with Crippen LogP contribution in [0.3, 0.4) is 0 Å². The maximum Gasteiger partial charge on any atom is 0.239 e. The third-order valence-corrected chi connectivity index (χ3v) is 4.93. The highest BCUT2D eigenvalue weighted by Gasteiger charge is 2.31. The van der Waals surface area contributed by atoms with Crippen molar-refractivity contribution in [2.24, 2.45) is 5.73 Å². The van der Waals surface area contributed by atoms with Crippen LogP contribution in [0.5, 0.6) is 11.6 Å². The number of carbonyl (C=O) groups is 2. The van der Waals surface area contributed by atoms with Crippen LogP contribution in [0.2, 0.25) is 0 Å². The molecule has 1 amide bonds. The first kappa shape index (κ1) is 23.0. The lowest BCUT2D eigenvalue weighted by molar-refractivity contribution is -0.135. The quantitative estimate of drug-likeness (QED) is 0.806. The second kappa shape index (κ2) is 9.98. The van der Waals surface area contributed by atoms with E-state index in [9.17, 15) is 4.79 Å². The fourth-order valence-electron chi connectivity index (χ4n) is 3.42. The van der Waals surface area contributed by atoms with Crippen molar-refractivity contribution in [2.75, 3.05) is 19.0 Å². The minimum Gasteiger partial charge on any atom is -0.439 e. The molecule has 30 heavy (non-hydrogen) atoms. The molecule has 2 heterocycles. The SMILES string of the molecule is C=Cc1cc(Oc2ncnc3c2C[C@H](C)N(C(=O)C(C)N)C3)ccc1N(C)C.C=O. The van der Waals surface area contributed by atoms with E-state index >= 15 is 0 Å². The summed E-state index contributed by atoms with van der Waals surface area (Å²) in [5.74, 6) is 1.13. The summed E-state index contributed by atoms with van der Waals surface area (Å²) < 4.78 is 6.10. The Labute approximate surface area is 177 Å². The number of nitrogens with two attached hydrogens (primary N) is 1. The number of ether oxygens (including phenoxy) is 1. The Morgan fingerprint density at radius 2 is 2.07 bits per heavy atom. The predicted octanol–water partition coefficient (Wildman–Crippen LogP) is 2.41. The van der Waals surface area contributed by atoms with E-state index in [4.69, 9.17) is 15.3 Å². The molecule has 8 heteroatoms. The van der Waals surface area contributed by atoms with Crippen LogP contribution in [-0.4, -0.2) is 53.7 Å². The Balaban J connectivity index is 0.00000155. The molecular weight excluding hydrogens is 382 g/mol. The second-order valence-corrected chi connectivity index (χ2v) is 7.33. The highest BCUT2D eigenvalue weighted by Crippen LogP contribution is 2.33. The van der Waals surface area contributed by atoms with E-state index in [1.54, 1.807) is 17.9 Å². The molecule has 8 nitrogen and oxygen atoms in total. The molecular formula is C22H29N5O3. The smallest absolute Gasteiger partial charge is 0.239 e. The normalized spacial score (nSPS) is 15.9. The van der Waals surface area contributed by atoms with Gasteiger partial charge in [-0.15, -0.1) is 0 Å². The van der Waals surface area contributed by atoms with Crippen LogP contribution in [0.4, 0.5) is 5.69 Å². The number of hydrogen-bond acceptors (Lipinski definition) is 7. The largest absolute Gasteiger partial charge is 0.439 e. The van der Waals surface area contributed by atoms with Crippen molar-refractivity contribution in [1.29, 1.82) is 0 Å². The topological polar surface area (TPSA) is 102 Å². The summed E-state index contributed by atoms with van der Waals surface area (Å²) in [6, 6.07) is 5.31. The molecule has 1 aromatic carbocycles. The van der Waals surface area contributed by atoms with Crippen molar-refractivity contribution in [3.8, 4) is 11.6 Å². The Morgan fingerprint density at radius 3 is 2.67 bits per heavy atom. The molecule has 3 rings (SSSR count). The van der Waals surface area contributed by atoms with E-state index in [2.05, 4.69) is 16.5 Å². The third-order valence-electron chi connectivity index (χ3n) is 4.93. The predicted molar refractivity (Wildman–Crippen MR) is 117 cm³/mol. The van der Waals surface area contributed by atoms with Crippen molar-refractivity contribution >= 4 is 24.5 Å². The number of hydrogen-bond donors (Lipinski definition) is 1. The zero-order valence-corrected chi connectivity index (χ0v) is 18.0. The van der Waals surface area contributed by atoms with E-state index in [-0.39, 0.29) is 11.9 Å². The van der Waals surface area contributed by atoms with Gasteiger partial charge in [0.25, 0.3) is 0 Å². The Hall–Kier alpha value is -3.26. The molecule has 160 valence electrons. The third kappa shape index (κ3) is 4.83. The van der Waals surface area contributed by atoms with Gasteiger partial charge in [0.05, 0.1) is 18.3 Å². The summed E-state index contributed by atoms with van der Waals surface area (Å²) in [6.45, 7) is 10.00. The lowest BCUT2D eigenvalue weighted by Crippen LogP contribution is -2.49. The van der Waals surface area contributed by atoms with E-state index in [0.29, 0.717) is 24.6 Å². The molecule has 1 unspecified atom stereocenters. The first-order valence-electron chi connectivity index (χ1n) is 9.61. The molecule has 2 N–H and O–H groups in total. The molecule has 0 saturated carbocycles. The van der Waals surface area contributed by atoms with Crippen LogP contribution in [0.15, 0.2) is 31.1 Å². The standard InChI is InChI=1S/C21H27N5O2.CH2O/c1-6-15-10-16(7-8-19(15)25(4)5)28-20-17-9-13(2)26(21(27)14(3)22)11-18(17)23-12-24-20;1-2/h6-8,10,12-14H,1,9,11,22H2,2-5H3;1H2/t13-,14?;/m0./s1. The van der Waals surface area contributed by atoms with Crippen LogP contribution in [0, 0.1) is 0 Å². The molecule has 1 aromatic heterocycles. The Kier molecular flexibility index (Phi) is 7.66. The van der Waals surface area contributed by atoms with Crippen LogP contribution >= 0.6 is 0 Å². The highest BCUT2D eigenvalue weighted by atomic mass is 16.5. The monoisotopic (exact) mass is 411 g/mol. The highest BCUT2D eigenvalue weighted by molar-refractivity contribution is 5.81. The van der Waals surface area contributed by atoms with Gasteiger partial charge in [0.2, 0.25) is 11.8 Å². The molecule has 1 aliphatic heterocycles. The second-order valence-electron chi connectivity index (χ2n) is 7.33. The first-order chi connectivity index (χ1) is 14.3. The minimum absolute atomic E-state index is 0.000738. The number of aromatic nitrogens is 2. The lowest BCUT2D eigenvalue weighted by atomic mass is 9.99. The van der Waals surface area contributed by atoms with Crippen LogP contribution in [-0.2, 0) is 22.6 Å². The summed E-state index contributed by atoms with van der Waals surface area (Å²) in [5, 5.41) is 0. The van der Waals surface area contributed by atoms with Crippen molar-refractivity contribution in [3.05, 3.63) is 47.9 Å². The Bertz CT molecular complexity index is 914. The summed E-state index contributed by atoms with van der Waals surface area (Å²) >= 11 is 0. The maximum atomic E-state index is 12.4. The van der Waals surface area contributed by atoms with Gasteiger partial charge in [0.1, 0.15) is 18.9 Å². The number of fused-ring (bicyclic) bond motifs is 1. The van der Waals surface area contributed by atoms with E-state index in [1.165, 1.54) is 6.33 Å². The number of anilines is 1. The number of amides is 1. The Morgan fingerprint density at radius 1 is 1.37 bits per heavy atom. The molecule has 0 fully saturated rings. The first-order valence-corrected chi connectivity index (χ1v) is 9.61. The summed E-state index contributed by atoms with van der Waals surface area (Å²) in [7, 11) is 3.97. The lowest BCUT2D eigenvalue weighted by Gasteiger charge is -2.35. The van der Waals surface area contributed by atoms with E-state index < -0.39 is 6.04 Å². The van der Waals surface area contributed by atoms with Gasteiger partial charge in [-0.1, -0.05) is 12.7 Å². The summed E-state index contributed by atoms with van der Waals surface area (Å²) in [6.07, 6.45) is 3.90. The zero-order chi connectivity index (χ0) is 22.4. The average Bonchev–Trinajstić information content (AvgIpc) is 2.74. The molecule has 0 spiro atoms. The van der Waals surface area contributed by atoms with Crippen molar-refractivity contribution in [3.63, 3.8) is 0 Å². The van der Waals surface area contributed by atoms with Gasteiger partial charge >= 0.3 is 0 Å². The fraction of sp³-hybridized carbons (Fsp3) is 0.364.